The van der Waals surface area contributed by atoms with Crippen LogP contribution in [0.5, 0.6) is 11.5 Å². The summed E-state index contributed by atoms with van der Waals surface area (Å²) in [5.74, 6) is 2.74. The first-order chi connectivity index (χ1) is 14.1. The van der Waals surface area contributed by atoms with Gasteiger partial charge >= 0.3 is 0 Å². The summed E-state index contributed by atoms with van der Waals surface area (Å²) in [6.07, 6.45) is 5.91. The van der Waals surface area contributed by atoms with E-state index in [-0.39, 0.29) is 0 Å². The Labute approximate surface area is 173 Å². The summed E-state index contributed by atoms with van der Waals surface area (Å²) in [6.45, 7) is 5.47. The molecule has 2 aliphatic heterocycles. The van der Waals surface area contributed by atoms with Gasteiger partial charge in [0.15, 0.2) is 0 Å². The molecule has 0 bridgehead atoms. The summed E-state index contributed by atoms with van der Waals surface area (Å²) in [6, 6.07) is 11.5. The zero-order chi connectivity index (χ0) is 20.0. The molecule has 0 radical (unpaired) electrons. The standard InChI is InChI=1S/C25H30N2O2/c1-17-10-21(12-23-14-27(3)16-29-25(17)23)19-6-4-18(5-7-19)20-8-9-24-22(11-20)13-26(2)15-28-24/h6,8-12,18H,4-5,7,13-16H2,1-3H3. The number of fused-ring (bicyclic) bond motifs is 2. The van der Waals surface area contributed by atoms with Gasteiger partial charge in [0.05, 0.1) is 0 Å². The van der Waals surface area contributed by atoms with Crippen LogP contribution in [0.3, 0.4) is 0 Å². The van der Waals surface area contributed by atoms with Crippen LogP contribution in [0, 0.1) is 6.92 Å². The van der Waals surface area contributed by atoms with Gasteiger partial charge in [0, 0.05) is 24.2 Å². The molecule has 3 aliphatic rings. The first kappa shape index (κ1) is 18.7. The van der Waals surface area contributed by atoms with E-state index in [0.717, 1.165) is 37.4 Å². The van der Waals surface area contributed by atoms with E-state index in [1.54, 1.807) is 0 Å². The number of allylic oxidation sites excluding steroid dienone is 2. The van der Waals surface area contributed by atoms with Crippen molar-refractivity contribution in [1.29, 1.82) is 0 Å². The molecule has 4 heteroatoms. The molecular formula is C25H30N2O2. The molecule has 2 aromatic rings. The lowest BCUT2D eigenvalue weighted by molar-refractivity contribution is 0.120. The first-order valence-electron chi connectivity index (χ1n) is 10.7. The lowest BCUT2D eigenvalue weighted by Gasteiger charge is -2.29. The van der Waals surface area contributed by atoms with Crippen LogP contribution in [0.15, 0.2) is 36.4 Å². The van der Waals surface area contributed by atoms with E-state index in [1.165, 1.54) is 39.8 Å². The van der Waals surface area contributed by atoms with Crippen LogP contribution in [-0.2, 0) is 13.1 Å². The van der Waals surface area contributed by atoms with E-state index in [1.807, 2.05) is 0 Å². The maximum Gasteiger partial charge on any atom is 0.142 e. The zero-order valence-electron chi connectivity index (χ0n) is 17.7. The molecule has 0 aromatic heterocycles. The van der Waals surface area contributed by atoms with Crippen LogP contribution >= 0.6 is 0 Å². The van der Waals surface area contributed by atoms with Gasteiger partial charge in [0.25, 0.3) is 0 Å². The van der Waals surface area contributed by atoms with Gasteiger partial charge < -0.3 is 9.47 Å². The Morgan fingerprint density at radius 3 is 2.52 bits per heavy atom. The summed E-state index contributed by atoms with van der Waals surface area (Å²) in [7, 11) is 4.21. The quantitative estimate of drug-likeness (QED) is 0.727. The fourth-order valence-corrected chi connectivity index (χ4v) is 4.90. The highest BCUT2D eigenvalue weighted by Gasteiger charge is 2.22. The summed E-state index contributed by atoms with van der Waals surface area (Å²) < 4.78 is 11.7. The Kier molecular flexibility index (Phi) is 4.84. The van der Waals surface area contributed by atoms with Crippen LogP contribution in [0.1, 0.15) is 53.0 Å². The van der Waals surface area contributed by atoms with E-state index in [9.17, 15) is 0 Å². The van der Waals surface area contributed by atoms with Crippen LogP contribution in [0.25, 0.3) is 5.57 Å². The van der Waals surface area contributed by atoms with Crippen LogP contribution in [0.4, 0.5) is 0 Å². The van der Waals surface area contributed by atoms with E-state index in [0.29, 0.717) is 19.4 Å². The van der Waals surface area contributed by atoms with Gasteiger partial charge in [-0.1, -0.05) is 18.2 Å². The van der Waals surface area contributed by atoms with Gasteiger partial charge in [-0.2, -0.15) is 0 Å². The molecule has 2 aromatic carbocycles. The Balaban J connectivity index is 1.36. The van der Waals surface area contributed by atoms with Crippen molar-refractivity contribution in [1.82, 2.24) is 9.80 Å². The average molecular weight is 391 g/mol. The molecule has 0 N–H and O–H groups in total. The highest BCUT2D eigenvalue weighted by atomic mass is 16.5. The molecule has 0 amide bonds. The minimum Gasteiger partial charge on any atom is -0.478 e. The summed E-state index contributed by atoms with van der Waals surface area (Å²) in [5.41, 5.74) is 8.21. The molecule has 0 spiro atoms. The van der Waals surface area contributed by atoms with Gasteiger partial charge in [-0.15, -0.1) is 0 Å². The van der Waals surface area contributed by atoms with Crippen LogP contribution in [-0.4, -0.2) is 37.4 Å². The van der Waals surface area contributed by atoms with Gasteiger partial charge in [-0.05, 0) is 86.7 Å². The maximum atomic E-state index is 5.93. The molecule has 0 saturated carbocycles. The molecule has 5 rings (SSSR count). The van der Waals surface area contributed by atoms with Gasteiger partial charge in [-0.25, -0.2) is 0 Å². The SMILES string of the molecule is Cc1cc(C2=CCC(c3ccc4c(c3)CN(C)CO4)CC2)cc2c1OCN(C)C2. The number of benzene rings is 2. The minimum atomic E-state index is 0.601. The molecule has 1 unspecified atom stereocenters. The normalized spacial score (nSPS) is 22.2. The fourth-order valence-electron chi connectivity index (χ4n) is 4.90. The number of hydrogen-bond acceptors (Lipinski definition) is 4. The highest BCUT2D eigenvalue weighted by Crippen LogP contribution is 2.40. The van der Waals surface area contributed by atoms with Crippen molar-refractivity contribution >= 4 is 5.57 Å². The first-order valence-corrected chi connectivity index (χ1v) is 10.7. The second-order valence-corrected chi connectivity index (χ2v) is 8.92. The Hall–Kier alpha value is -2.30. The molecule has 2 heterocycles. The van der Waals surface area contributed by atoms with Crippen molar-refractivity contribution < 1.29 is 9.47 Å². The summed E-state index contributed by atoms with van der Waals surface area (Å²) >= 11 is 0. The van der Waals surface area contributed by atoms with E-state index in [2.05, 4.69) is 67.2 Å². The Morgan fingerprint density at radius 1 is 0.931 bits per heavy atom. The van der Waals surface area contributed by atoms with Gasteiger partial charge in [0.2, 0.25) is 0 Å². The van der Waals surface area contributed by atoms with Crippen molar-refractivity contribution in [2.24, 2.45) is 0 Å². The third kappa shape index (κ3) is 3.67. The Bertz CT molecular complexity index is 966. The fraction of sp³-hybridized carbons (Fsp3) is 0.440. The third-order valence-corrected chi connectivity index (χ3v) is 6.44. The van der Waals surface area contributed by atoms with E-state index < -0.39 is 0 Å². The Morgan fingerprint density at radius 2 is 1.72 bits per heavy atom. The predicted molar refractivity (Wildman–Crippen MR) is 116 cm³/mol. The monoisotopic (exact) mass is 390 g/mol. The van der Waals surface area contributed by atoms with Crippen molar-refractivity contribution in [2.75, 3.05) is 27.6 Å². The molecule has 0 saturated heterocycles. The van der Waals surface area contributed by atoms with Crippen molar-refractivity contribution in [3.05, 3.63) is 64.2 Å². The zero-order valence-corrected chi connectivity index (χ0v) is 17.7. The molecule has 29 heavy (non-hydrogen) atoms. The molecule has 1 aliphatic carbocycles. The molecule has 4 nitrogen and oxygen atoms in total. The molecule has 152 valence electrons. The number of nitrogens with zero attached hydrogens (tertiary/aromatic N) is 2. The lowest BCUT2D eigenvalue weighted by Crippen LogP contribution is -2.28. The van der Waals surface area contributed by atoms with Crippen molar-refractivity contribution in [3.63, 3.8) is 0 Å². The molecular weight excluding hydrogens is 360 g/mol. The largest absolute Gasteiger partial charge is 0.478 e. The van der Waals surface area contributed by atoms with Gasteiger partial charge in [0.1, 0.15) is 25.0 Å². The summed E-state index contributed by atoms with van der Waals surface area (Å²) in [5, 5.41) is 0. The number of ether oxygens (including phenoxy) is 2. The summed E-state index contributed by atoms with van der Waals surface area (Å²) in [4.78, 5) is 4.43. The topological polar surface area (TPSA) is 24.9 Å². The average Bonchev–Trinajstić information content (AvgIpc) is 2.73. The van der Waals surface area contributed by atoms with E-state index in [4.69, 9.17) is 9.47 Å². The van der Waals surface area contributed by atoms with Crippen molar-refractivity contribution in [3.8, 4) is 11.5 Å². The molecule has 0 fully saturated rings. The van der Waals surface area contributed by atoms with Crippen LogP contribution in [0.2, 0.25) is 0 Å². The second kappa shape index (κ2) is 7.51. The number of hydrogen-bond donors (Lipinski definition) is 0. The van der Waals surface area contributed by atoms with E-state index >= 15 is 0 Å². The minimum absolute atomic E-state index is 0.601. The smallest absolute Gasteiger partial charge is 0.142 e. The second-order valence-electron chi connectivity index (χ2n) is 8.92. The number of aryl methyl sites for hydroxylation is 1. The molecule has 1 atom stereocenters. The predicted octanol–water partition coefficient (Wildman–Crippen LogP) is 4.91. The van der Waals surface area contributed by atoms with Gasteiger partial charge in [-0.3, -0.25) is 9.80 Å². The van der Waals surface area contributed by atoms with Crippen molar-refractivity contribution in [2.45, 2.75) is 45.2 Å². The van der Waals surface area contributed by atoms with Crippen LogP contribution < -0.4 is 9.47 Å². The third-order valence-electron chi connectivity index (χ3n) is 6.44. The number of rotatable bonds is 2. The lowest BCUT2D eigenvalue weighted by atomic mass is 9.81. The highest BCUT2D eigenvalue weighted by molar-refractivity contribution is 5.69. The maximum absolute atomic E-state index is 5.93.